The predicted molar refractivity (Wildman–Crippen MR) is 88.9 cm³/mol. The first kappa shape index (κ1) is 14.9. The SMILES string of the molecule is Cn1cc(CN2C[C@@H]3OCCN(Cc4ccccc4)[C@@H]3C2)cn1. The van der Waals surface area contributed by atoms with Crippen molar-refractivity contribution in [1.29, 1.82) is 0 Å². The minimum Gasteiger partial charge on any atom is -0.374 e. The van der Waals surface area contributed by atoms with Gasteiger partial charge in [0.1, 0.15) is 0 Å². The molecule has 0 saturated carbocycles. The third-order valence-corrected chi connectivity index (χ3v) is 4.89. The van der Waals surface area contributed by atoms with Crippen LogP contribution >= 0.6 is 0 Å². The fourth-order valence-electron chi connectivity index (χ4n) is 3.79. The van der Waals surface area contributed by atoms with Gasteiger partial charge in [-0.2, -0.15) is 5.10 Å². The first-order valence-electron chi connectivity index (χ1n) is 8.37. The van der Waals surface area contributed by atoms with Crippen molar-refractivity contribution in [2.24, 2.45) is 7.05 Å². The van der Waals surface area contributed by atoms with Crippen LogP contribution in [0.25, 0.3) is 0 Å². The van der Waals surface area contributed by atoms with Gasteiger partial charge in [-0.25, -0.2) is 0 Å². The van der Waals surface area contributed by atoms with Gasteiger partial charge in [-0.15, -0.1) is 0 Å². The molecule has 0 bridgehead atoms. The summed E-state index contributed by atoms with van der Waals surface area (Å²) in [5.74, 6) is 0. The maximum absolute atomic E-state index is 6.04. The van der Waals surface area contributed by atoms with Gasteiger partial charge in [0.2, 0.25) is 0 Å². The van der Waals surface area contributed by atoms with Crippen LogP contribution in [0.4, 0.5) is 0 Å². The van der Waals surface area contributed by atoms with Crippen LogP contribution < -0.4 is 0 Å². The van der Waals surface area contributed by atoms with Crippen molar-refractivity contribution in [2.45, 2.75) is 25.2 Å². The van der Waals surface area contributed by atoms with E-state index < -0.39 is 0 Å². The molecule has 0 aliphatic carbocycles. The Kier molecular flexibility index (Phi) is 4.16. The molecule has 5 heteroatoms. The number of nitrogens with zero attached hydrogens (tertiary/aromatic N) is 4. The van der Waals surface area contributed by atoms with Gasteiger partial charge in [0.05, 0.1) is 24.9 Å². The third-order valence-electron chi connectivity index (χ3n) is 4.89. The number of rotatable bonds is 4. The Balaban J connectivity index is 1.42. The van der Waals surface area contributed by atoms with E-state index in [0.29, 0.717) is 12.1 Å². The number of ether oxygens (including phenoxy) is 1. The van der Waals surface area contributed by atoms with Gasteiger partial charge in [0, 0.05) is 51.5 Å². The third kappa shape index (κ3) is 3.32. The van der Waals surface area contributed by atoms with E-state index >= 15 is 0 Å². The molecule has 1 aromatic heterocycles. The molecule has 23 heavy (non-hydrogen) atoms. The first-order chi connectivity index (χ1) is 11.3. The normalized spacial score (nSPS) is 25.6. The first-order valence-corrected chi connectivity index (χ1v) is 8.37. The Hall–Kier alpha value is -1.69. The molecular weight excluding hydrogens is 288 g/mol. The van der Waals surface area contributed by atoms with E-state index in [4.69, 9.17) is 4.74 Å². The Morgan fingerprint density at radius 2 is 2.00 bits per heavy atom. The van der Waals surface area contributed by atoms with Crippen LogP contribution in [0, 0.1) is 0 Å². The molecule has 122 valence electrons. The lowest BCUT2D eigenvalue weighted by Gasteiger charge is -2.37. The zero-order valence-electron chi connectivity index (χ0n) is 13.6. The second kappa shape index (κ2) is 6.43. The Labute approximate surface area is 137 Å². The van der Waals surface area contributed by atoms with Gasteiger partial charge in [0.15, 0.2) is 0 Å². The van der Waals surface area contributed by atoms with Crippen molar-refractivity contribution in [3.8, 4) is 0 Å². The summed E-state index contributed by atoms with van der Waals surface area (Å²) in [5.41, 5.74) is 2.67. The topological polar surface area (TPSA) is 33.5 Å². The average molecular weight is 312 g/mol. The van der Waals surface area contributed by atoms with Crippen LogP contribution in [0.15, 0.2) is 42.7 Å². The Morgan fingerprint density at radius 3 is 2.78 bits per heavy atom. The summed E-state index contributed by atoms with van der Waals surface area (Å²) in [7, 11) is 1.97. The molecule has 2 atom stereocenters. The zero-order valence-corrected chi connectivity index (χ0v) is 13.6. The Bertz CT molecular complexity index is 641. The van der Waals surface area contributed by atoms with Crippen molar-refractivity contribution >= 4 is 0 Å². The molecule has 2 aromatic rings. The van der Waals surface area contributed by atoms with Gasteiger partial charge < -0.3 is 4.74 Å². The summed E-state index contributed by atoms with van der Waals surface area (Å²) < 4.78 is 7.91. The van der Waals surface area contributed by atoms with E-state index in [1.54, 1.807) is 0 Å². The molecule has 5 nitrogen and oxygen atoms in total. The standard InChI is InChI=1S/C18H24N4O/c1-20-10-16(9-19-20)11-21-13-17-18(14-21)23-8-7-22(17)12-15-5-3-2-4-6-15/h2-6,9-10,17-18H,7-8,11-14H2,1H3/t17-,18+/m1/s1. The van der Waals surface area contributed by atoms with Crippen molar-refractivity contribution in [3.63, 3.8) is 0 Å². The highest BCUT2D eigenvalue weighted by Crippen LogP contribution is 2.25. The molecule has 4 rings (SSSR count). The maximum Gasteiger partial charge on any atom is 0.0870 e. The molecular formula is C18H24N4O. The smallest absolute Gasteiger partial charge is 0.0870 e. The number of aryl methyl sites for hydroxylation is 1. The molecule has 2 aliphatic heterocycles. The summed E-state index contributed by atoms with van der Waals surface area (Å²) in [6.45, 7) is 5.94. The van der Waals surface area contributed by atoms with E-state index in [2.05, 4.69) is 51.4 Å². The number of hydrogen-bond acceptors (Lipinski definition) is 4. The summed E-state index contributed by atoms with van der Waals surface area (Å²) in [6, 6.07) is 11.3. The lowest BCUT2D eigenvalue weighted by molar-refractivity contribution is -0.0504. The van der Waals surface area contributed by atoms with Gasteiger partial charge in [-0.3, -0.25) is 14.5 Å². The van der Waals surface area contributed by atoms with E-state index in [9.17, 15) is 0 Å². The van der Waals surface area contributed by atoms with E-state index in [1.165, 1.54) is 11.1 Å². The van der Waals surface area contributed by atoms with Gasteiger partial charge in [0.25, 0.3) is 0 Å². The van der Waals surface area contributed by atoms with Crippen LogP contribution in [0.3, 0.4) is 0 Å². The lowest BCUT2D eigenvalue weighted by atomic mass is 10.1. The van der Waals surface area contributed by atoms with Crippen molar-refractivity contribution in [3.05, 3.63) is 53.9 Å². The fraction of sp³-hybridized carbons (Fsp3) is 0.500. The molecule has 0 unspecified atom stereocenters. The lowest BCUT2D eigenvalue weighted by Crippen LogP contribution is -2.50. The second-order valence-corrected chi connectivity index (χ2v) is 6.65. The van der Waals surface area contributed by atoms with Crippen molar-refractivity contribution in [2.75, 3.05) is 26.2 Å². The molecule has 0 N–H and O–H groups in total. The number of hydrogen-bond donors (Lipinski definition) is 0. The molecule has 0 amide bonds. The summed E-state index contributed by atoms with van der Waals surface area (Å²) in [4.78, 5) is 5.09. The zero-order chi connectivity index (χ0) is 15.6. The highest BCUT2D eigenvalue weighted by atomic mass is 16.5. The number of benzene rings is 1. The monoisotopic (exact) mass is 312 g/mol. The summed E-state index contributed by atoms with van der Waals surface area (Å²) in [6.07, 6.45) is 4.40. The average Bonchev–Trinajstić information content (AvgIpc) is 3.15. The van der Waals surface area contributed by atoms with Gasteiger partial charge in [-0.05, 0) is 5.56 Å². The molecule has 3 heterocycles. The van der Waals surface area contributed by atoms with Crippen LogP contribution in [-0.2, 0) is 24.9 Å². The number of morpholine rings is 1. The van der Waals surface area contributed by atoms with E-state index in [1.807, 2.05) is 17.9 Å². The molecule has 2 saturated heterocycles. The van der Waals surface area contributed by atoms with Gasteiger partial charge >= 0.3 is 0 Å². The maximum atomic E-state index is 6.04. The minimum absolute atomic E-state index is 0.337. The van der Waals surface area contributed by atoms with Crippen LogP contribution in [-0.4, -0.2) is 58.0 Å². The molecule has 0 radical (unpaired) electrons. The highest BCUT2D eigenvalue weighted by molar-refractivity contribution is 5.15. The van der Waals surface area contributed by atoms with Gasteiger partial charge in [-0.1, -0.05) is 30.3 Å². The number of aromatic nitrogens is 2. The molecule has 0 spiro atoms. The second-order valence-electron chi connectivity index (χ2n) is 6.65. The van der Waals surface area contributed by atoms with E-state index in [-0.39, 0.29) is 0 Å². The summed E-state index contributed by atoms with van der Waals surface area (Å²) >= 11 is 0. The molecule has 1 aromatic carbocycles. The minimum atomic E-state index is 0.337. The molecule has 2 aliphatic rings. The summed E-state index contributed by atoms with van der Waals surface area (Å²) in [5, 5.41) is 4.27. The van der Waals surface area contributed by atoms with Crippen molar-refractivity contribution in [1.82, 2.24) is 19.6 Å². The van der Waals surface area contributed by atoms with Crippen molar-refractivity contribution < 1.29 is 4.74 Å². The Morgan fingerprint density at radius 1 is 1.13 bits per heavy atom. The van der Waals surface area contributed by atoms with Crippen LogP contribution in [0.2, 0.25) is 0 Å². The number of likely N-dealkylation sites (tertiary alicyclic amines) is 1. The van der Waals surface area contributed by atoms with Crippen LogP contribution in [0.1, 0.15) is 11.1 Å². The highest BCUT2D eigenvalue weighted by Gasteiger charge is 2.39. The van der Waals surface area contributed by atoms with Crippen LogP contribution in [0.5, 0.6) is 0 Å². The fourth-order valence-corrected chi connectivity index (χ4v) is 3.79. The molecule has 2 fully saturated rings. The predicted octanol–water partition coefficient (Wildman–Crippen LogP) is 1.51. The quantitative estimate of drug-likeness (QED) is 0.857. The number of fused-ring (bicyclic) bond motifs is 1. The largest absolute Gasteiger partial charge is 0.374 e. The van der Waals surface area contributed by atoms with E-state index in [0.717, 1.165) is 39.3 Å².